The zero-order valence-electron chi connectivity index (χ0n) is 4.58. The Hall–Kier alpha value is -0.390. The molecule has 60 valence electrons. The van der Waals surface area contributed by atoms with Gasteiger partial charge in [-0.3, -0.25) is 0 Å². The van der Waals surface area contributed by atoms with E-state index in [1.165, 1.54) is 0 Å². The van der Waals surface area contributed by atoms with Gasteiger partial charge in [0.25, 0.3) is 6.36 Å². The summed E-state index contributed by atoms with van der Waals surface area (Å²) in [6, 6.07) is 0. The van der Waals surface area contributed by atoms with E-state index in [9.17, 15) is 22.0 Å². The SMILES string of the molecule is FC1OCC(F)(F)C1(F)F. The molecule has 1 rings (SSSR count). The fourth-order valence-electron chi connectivity index (χ4n) is 0.545. The molecule has 0 N–H and O–H groups in total. The average Bonchev–Trinajstić information content (AvgIpc) is 1.94. The summed E-state index contributed by atoms with van der Waals surface area (Å²) in [4.78, 5) is 0. The van der Waals surface area contributed by atoms with Crippen molar-refractivity contribution in [2.75, 3.05) is 6.61 Å². The van der Waals surface area contributed by atoms with Crippen molar-refractivity contribution in [1.82, 2.24) is 0 Å². The van der Waals surface area contributed by atoms with Crippen LogP contribution in [0.2, 0.25) is 0 Å². The Kier molecular flexibility index (Phi) is 1.39. The third kappa shape index (κ3) is 0.783. The minimum Gasteiger partial charge on any atom is -0.337 e. The van der Waals surface area contributed by atoms with Crippen LogP contribution in [-0.2, 0) is 4.74 Å². The Labute approximate surface area is 52.8 Å². The third-order valence-electron chi connectivity index (χ3n) is 1.18. The number of hydrogen-bond donors (Lipinski definition) is 0. The number of alkyl halides is 5. The minimum absolute atomic E-state index is 1.55. The van der Waals surface area contributed by atoms with Gasteiger partial charge in [0.1, 0.15) is 6.61 Å². The summed E-state index contributed by atoms with van der Waals surface area (Å²) < 4.78 is 62.6. The number of halogens is 5. The van der Waals surface area contributed by atoms with Crippen molar-refractivity contribution in [1.29, 1.82) is 0 Å². The monoisotopic (exact) mass is 162 g/mol. The van der Waals surface area contributed by atoms with Crippen LogP contribution in [-0.4, -0.2) is 24.8 Å². The maximum Gasteiger partial charge on any atom is 0.366 e. The van der Waals surface area contributed by atoms with E-state index in [4.69, 9.17) is 0 Å². The molecular formula is C4H3F5O. The highest BCUT2D eigenvalue weighted by molar-refractivity contribution is 4.92. The van der Waals surface area contributed by atoms with Crippen LogP contribution in [0.1, 0.15) is 0 Å². The maximum atomic E-state index is 11.9. The predicted molar refractivity (Wildman–Crippen MR) is 20.7 cm³/mol. The van der Waals surface area contributed by atoms with Crippen molar-refractivity contribution in [2.24, 2.45) is 0 Å². The van der Waals surface area contributed by atoms with Crippen LogP contribution in [0.15, 0.2) is 0 Å². The lowest BCUT2D eigenvalue weighted by molar-refractivity contribution is -0.211. The molecule has 0 aromatic rings. The Morgan fingerprint density at radius 3 is 1.80 bits per heavy atom. The van der Waals surface area contributed by atoms with E-state index in [0.29, 0.717) is 0 Å². The van der Waals surface area contributed by atoms with Crippen molar-refractivity contribution in [3.05, 3.63) is 0 Å². The molecule has 6 heteroatoms. The summed E-state index contributed by atoms with van der Waals surface area (Å²) >= 11 is 0. The smallest absolute Gasteiger partial charge is 0.337 e. The van der Waals surface area contributed by atoms with Crippen LogP contribution in [0.3, 0.4) is 0 Å². The van der Waals surface area contributed by atoms with Gasteiger partial charge in [0.15, 0.2) is 0 Å². The molecule has 0 spiro atoms. The molecule has 0 saturated carbocycles. The molecule has 1 aliphatic heterocycles. The lowest BCUT2D eigenvalue weighted by Gasteiger charge is -2.16. The van der Waals surface area contributed by atoms with Crippen LogP contribution in [0, 0.1) is 0 Å². The van der Waals surface area contributed by atoms with E-state index in [-0.39, 0.29) is 0 Å². The highest BCUT2D eigenvalue weighted by Crippen LogP contribution is 2.44. The molecule has 1 fully saturated rings. The lowest BCUT2D eigenvalue weighted by atomic mass is 10.2. The molecule has 1 heterocycles. The van der Waals surface area contributed by atoms with Gasteiger partial charge in [0.2, 0.25) is 0 Å². The molecule has 1 saturated heterocycles. The zero-order chi connectivity index (χ0) is 7.99. The first kappa shape index (κ1) is 7.71. The molecule has 0 aromatic heterocycles. The van der Waals surface area contributed by atoms with Crippen molar-refractivity contribution in [3.63, 3.8) is 0 Å². The first-order valence-corrected chi connectivity index (χ1v) is 2.39. The Balaban J connectivity index is 2.84. The van der Waals surface area contributed by atoms with Gasteiger partial charge < -0.3 is 4.74 Å². The molecule has 1 atom stereocenters. The first-order valence-electron chi connectivity index (χ1n) is 2.39. The van der Waals surface area contributed by atoms with E-state index in [2.05, 4.69) is 4.74 Å². The first-order chi connectivity index (χ1) is 4.38. The summed E-state index contributed by atoms with van der Waals surface area (Å²) in [5, 5.41) is 0. The van der Waals surface area contributed by atoms with Crippen LogP contribution < -0.4 is 0 Å². The normalized spacial score (nSPS) is 36.3. The highest BCUT2D eigenvalue weighted by Gasteiger charge is 2.68. The Bertz CT molecular complexity index is 145. The summed E-state index contributed by atoms with van der Waals surface area (Å²) in [6.07, 6.45) is -3.18. The van der Waals surface area contributed by atoms with Crippen molar-refractivity contribution >= 4 is 0 Å². The zero-order valence-corrected chi connectivity index (χ0v) is 4.58. The summed E-state index contributed by atoms with van der Waals surface area (Å²) in [6.45, 7) is -1.55. The Morgan fingerprint density at radius 2 is 1.70 bits per heavy atom. The molecule has 0 aromatic carbocycles. The van der Waals surface area contributed by atoms with Gasteiger partial charge in [-0.15, -0.1) is 0 Å². The number of hydrogen-bond acceptors (Lipinski definition) is 1. The third-order valence-corrected chi connectivity index (χ3v) is 1.18. The minimum atomic E-state index is -4.67. The molecule has 0 aliphatic carbocycles. The molecule has 0 radical (unpaired) electrons. The van der Waals surface area contributed by atoms with E-state index >= 15 is 0 Å². The van der Waals surface area contributed by atoms with Crippen molar-refractivity contribution in [2.45, 2.75) is 18.2 Å². The molecule has 0 bridgehead atoms. The van der Waals surface area contributed by atoms with Gasteiger partial charge in [0, 0.05) is 0 Å². The molecule has 1 nitrogen and oxygen atoms in total. The number of ether oxygens (including phenoxy) is 1. The van der Waals surface area contributed by atoms with Gasteiger partial charge in [-0.05, 0) is 0 Å². The van der Waals surface area contributed by atoms with Crippen molar-refractivity contribution in [3.8, 4) is 0 Å². The van der Waals surface area contributed by atoms with Gasteiger partial charge in [-0.1, -0.05) is 0 Å². The van der Waals surface area contributed by atoms with Gasteiger partial charge >= 0.3 is 11.8 Å². The number of rotatable bonds is 0. The van der Waals surface area contributed by atoms with E-state index in [1.807, 2.05) is 0 Å². The van der Waals surface area contributed by atoms with E-state index in [0.717, 1.165) is 0 Å². The standard InChI is InChI=1S/C4H3F5O/c5-2-4(8,9)3(6,7)1-10-2/h2H,1H2. The van der Waals surface area contributed by atoms with E-state index < -0.39 is 24.8 Å². The van der Waals surface area contributed by atoms with E-state index in [1.54, 1.807) is 0 Å². The van der Waals surface area contributed by atoms with Crippen LogP contribution in [0.25, 0.3) is 0 Å². The quantitative estimate of drug-likeness (QED) is 0.491. The van der Waals surface area contributed by atoms with Crippen LogP contribution >= 0.6 is 0 Å². The summed E-state index contributed by atoms with van der Waals surface area (Å²) in [5.41, 5.74) is 0. The van der Waals surface area contributed by atoms with Gasteiger partial charge in [-0.2, -0.15) is 17.6 Å². The second-order valence-electron chi connectivity index (χ2n) is 1.95. The van der Waals surface area contributed by atoms with Gasteiger partial charge in [-0.25, -0.2) is 4.39 Å². The van der Waals surface area contributed by atoms with Crippen LogP contribution in [0.4, 0.5) is 22.0 Å². The van der Waals surface area contributed by atoms with Crippen LogP contribution in [0.5, 0.6) is 0 Å². The second kappa shape index (κ2) is 1.81. The van der Waals surface area contributed by atoms with Crippen molar-refractivity contribution < 1.29 is 26.7 Å². The predicted octanol–water partition coefficient (Wildman–Crippen LogP) is 1.58. The second-order valence-corrected chi connectivity index (χ2v) is 1.95. The largest absolute Gasteiger partial charge is 0.366 e. The molecule has 10 heavy (non-hydrogen) atoms. The fraction of sp³-hybridized carbons (Fsp3) is 1.00. The lowest BCUT2D eigenvalue weighted by Crippen LogP contribution is -2.41. The molecule has 1 aliphatic rings. The molecule has 0 amide bonds. The fourth-order valence-corrected chi connectivity index (χ4v) is 0.545. The topological polar surface area (TPSA) is 9.23 Å². The van der Waals surface area contributed by atoms with Gasteiger partial charge in [0.05, 0.1) is 0 Å². The molecular weight excluding hydrogens is 159 g/mol. The molecule has 1 unspecified atom stereocenters. The highest BCUT2D eigenvalue weighted by atomic mass is 19.3. The Morgan fingerprint density at radius 1 is 1.20 bits per heavy atom. The maximum absolute atomic E-state index is 11.9. The summed E-state index contributed by atoms with van der Waals surface area (Å²) in [5.74, 6) is -9.04. The average molecular weight is 162 g/mol. The summed E-state index contributed by atoms with van der Waals surface area (Å²) in [7, 11) is 0.